The number of ether oxygens (including phenoxy) is 1. The van der Waals surface area contributed by atoms with Crippen molar-refractivity contribution in [1.29, 1.82) is 0 Å². The first kappa shape index (κ1) is 17.3. The number of hydrogen-bond acceptors (Lipinski definition) is 3. The van der Waals surface area contributed by atoms with Crippen molar-refractivity contribution in [1.82, 2.24) is 10.3 Å². The van der Waals surface area contributed by atoms with Crippen LogP contribution in [0.5, 0.6) is 5.75 Å². The predicted molar refractivity (Wildman–Crippen MR) is 92.0 cm³/mol. The van der Waals surface area contributed by atoms with E-state index in [9.17, 15) is 4.79 Å². The lowest BCUT2D eigenvalue weighted by atomic mass is 9.84. The molecular weight excluding hydrogens is 312 g/mol. The number of rotatable bonds is 6. The minimum absolute atomic E-state index is 0.0636. The third kappa shape index (κ3) is 4.45. The molecule has 0 unspecified atom stereocenters. The fourth-order valence-corrected chi connectivity index (χ4v) is 2.35. The molecule has 122 valence electrons. The zero-order valence-electron chi connectivity index (χ0n) is 13.6. The SMILES string of the molecule is Cc1ccncc1OCCNC(=O)C(C)(C)c1cccc(Cl)c1. The van der Waals surface area contributed by atoms with Gasteiger partial charge in [0.05, 0.1) is 18.2 Å². The summed E-state index contributed by atoms with van der Waals surface area (Å²) in [5, 5.41) is 3.53. The lowest BCUT2D eigenvalue weighted by Gasteiger charge is -2.24. The number of hydrogen-bond donors (Lipinski definition) is 1. The Labute approximate surface area is 141 Å². The Morgan fingerprint density at radius 2 is 2.13 bits per heavy atom. The third-order valence-electron chi connectivity index (χ3n) is 3.75. The van der Waals surface area contributed by atoms with Gasteiger partial charge in [0.25, 0.3) is 0 Å². The lowest BCUT2D eigenvalue weighted by molar-refractivity contribution is -0.125. The molecule has 0 radical (unpaired) electrons. The molecule has 2 rings (SSSR count). The summed E-state index contributed by atoms with van der Waals surface area (Å²) in [6.07, 6.45) is 3.39. The quantitative estimate of drug-likeness (QED) is 0.823. The van der Waals surface area contributed by atoms with Crippen molar-refractivity contribution in [2.45, 2.75) is 26.2 Å². The van der Waals surface area contributed by atoms with Crippen LogP contribution in [-0.2, 0) is 10.2 Å². The van der Waals surface area contributed by atoms with E-state index in [0.29, 0.717) is 18.2 Å². The van der Waals surface area contributed by atoms with E-state index in [0.717, 1.165) is 16.9 Å². The van der Waals surface area contributed by atoms with Gasteiger partial charge in [-0.25, -0.2) is 0 Å². The average Bonchev–Trinajstić information content (AvgIpc) is 2.52. The van der Waals surface area contributed by atoms with Crippen LogP contribution in [0.1, 0.15) is 25.0 Å². The molecule has 0 aliphatic rings. The summed E-state index contributed by atoms with van der Waals surface area (Å²) in [6.45, 7) is 6.53. The fourth-order valence-electron chi connectivity index (χ4n) is 2.16. The Kier molecular flexibility index (Phi) is 5.61. The predicted octanol–water partition coefficient (Wildman–Crippen LogP) is 3.52. The number of amides is 1. The highest BCUT2D eigenvalue weighted by molar-refractivity contribution is 6.30. The normalized spacial score (nSPS) is 11.1. The van der Waals surface area contributed by atoms with E-state index in [4.69, 9.17) is 16.3 Å². The molecule has 4 nitrogen and oxygen atoms in total. The van der Waals surface area contributed by atoms with Gasteiger partial charge in [-0.15, -0.1) is 0 Å². The molecule has 0 aliphatic heterocycles. The Bertz CT molecular complexity index is 686. The van der Waals surface area contributed by atoms with Crippen LogP contribution in [0.25, 0.3) is 0 Å². The topological polar surface area (TPSA) is 51.2 Å². The van der Waals surface area contributed by atoms with Crippen molar-refractivity contribution in [3.8, 4) is 5.75 Å². The number of nitrogens with zero attached hydrogens (tertiary/aromatic N) is 1. The lowest BCUT2D eigenvalue weighted by Crippen LogP contribution is -2.41. The monoisotopic (exact) mass is 332 g/mol. The first-order valence-electron chi connectivity index (χ1n) is 7.49. The molecule has 1 aromatic carbocycles. The number of pyridine rings is 1. The number of aryl methyl sites for hydroxylation is 1. The van der Waals surface area contributed by atoms with Crippen LogP contribution in [0, 0.1) is 6.92 Å². The van der Waals surface area contributed by atoms with Crippen LogP contribution in [0.4, 0.5) is 0 Å². The third-order valence-corrected chi connectivity index (χ3v) is 3.99. The van der Waals surface area contributed by atoms with E-state index < -0.39 is 5.41 Å². The highest BCUT2D eigenvalue weighted by Gasteiger charge is 2.29. The highest BCUT2D eigenvalue weighted by atomic mass is 35.5. The molecule has 1 amide bonds. The van der Waals surface area contributed by atoms with Gasteiger partial charge >= 0.3 is 0 Å². The molecule has 1 N–H and O–H groups in total. The molecule has 0 fully saturated rings. The van der Waals surface area contributed by atoms with Crippen molar-refractivity contribution in [2.24, 2.45) is 0 Å². The second kappa shape index (κ2) is 7.47. The fraction of sp³-hybridized carbons (Fsp3) is 0.333. The van der Waals surface area contributed by atoms with Gasteiger partial charge in [0.15, 0.2) is 0 Å². The number of aromatic nitrogens is 1. The summed E-state index contributed by atoms with van der Waals surface area (Å²) in [7, 11) is 0. The van der Waals surface area contributed by atoms with Gasteiger partial charge in [-0.2, -0.15) is 0 Å². The number of carbonyl (C=O) groups is 1. The summed E-state index contributed by atoms with van der Waals surface area (Å²) in [4.78, 5) is 16.5. The van der Waals surface area contributed by atoms with Gasteiger partial charge in [-0.1, -0.05) is 23.7 Å². The molecule has 0 saturated heterocycles. The molecule has 2 aromatic rings. The van der Waals surface area contributed by atoms with Crippen molar-refractivity contribution >= 4 is 17.5 Å². The molecule has 1 aromatic heterocycles. The van der Waals surface area contributed by atoms with Crippen LogP contribution < -0.4 is 10.1 Å². The summed E-state index contributed by atoms with van der Waals surface area (Å²) in [6, 6.07) is 9.25. The molecule has 0 atom stereocenters. The van der Waals surface area contributed by atoms with Gasteiger partial charge in [0.2, 0.25) is 5.91 Å². The molecule has 5 heteroatoms. The molecule has 1 heterocycles. The standard InChI is InChI=1S/C18H21ClN2O2/c1-13-7-8-20-12-16(13)23-10-9-21-17(22)18(2,3)14-5-4-6-15(19)11-14/h4-8,11-12H,9-10H2,1-3H3,(H,21,22). The minimum atomic E-state index is -0.658. The number of benzene rings is 1. The van der Waals surface area contributed by atoms with Crippen molar-refractivity contribution in [3.05, 3.63) is 58.9 Å². The second-order valence-corrected chi connectivity index (χ2v) is 6.32. The molecule has 0 spiro atoms. The Balaban J connectivity index is 1.88. The van der Waals surface area contributed by atoms with Gasteiger partial charge in [-0.05, 0) is 50.1 Å². The van der Waals surface area contributed by atoms with Gasteiger partial charge in [-0.3, -0.25) is 9.78 Å². The van der Waals surface area contributed by atoms with E-state index in [2.05, 4.69) is 10.3 Å². The van der Waals surface area contributed by atoms with E-state index in [1.54, 1.807) is 18.5 Å². The first-order chi connectivity index (χ1) is 10.9. The van der Waals surface area contributed by atoms with Crippen molar-refractivity contribution in [2.75, 3.05) is 13.2 Å². The average molecular weight is 333 g/mol. The molecule has 0 aliphatic carbocycles. The van der Waals surface area contributed by atoms with Crippen LogP contribution >= 0.6 is 11.6 Å². The maximum absolute atomic E-state index is 12.4. The van der Waals surface area contributed by atoms with Crippen LogP contribution in [-0.4, -0.2) is 24.0 Å². The zero-order chi connectivity index (χ0) is 16.9. The maximum atomic E-state index is 12.4. The van der Waals surface area contributed by atoms with E-state index >= 15 is 0 Å². The largest absolute Gasteiger partial charge is 0.490 e. The molecule has 0 bridgehead atoms. The van der Waals surface area contributed by atoms with E-state index in [-0.39, 0.29) is 5.91 Å². The smallest absolute Gasteiger partial charge is 0.230 e. The summed E-state index contributed by atoms with van der Waals surface area (Å²) < 4.78 is 5.63. The van der Waals surface area contributed by atoms with E-state index in [1.165, 1.54) is 0 Å². The van der Waals surface area contributed by atoms with Crippen LogP contribution in [0.15, 0.2) is 42.7 Å². The Morgan fingerprint density at radius 3 is 2.83 bits per heavy atom. The summed E-state index contributed by atoms with van der Waals surface area (Å²) in [5.41, 5.74) is 1.24. The summed E-state index contributed by atoms with van der Waals surface area (Å²) in [5.74, 6) is 0.669. The first-order valence-corrected chi connectivity index (χ1v) is 7.87. The highest BCUT2D eigenvalue weighted by Crippen LogP contribution is 2.25. The number of nitrogens with one attached hydrogen (secondary N) is 1. The number of carbonyl (C=O) groups excluding carboxylic acids is 1. The van der Waals surface area contributed by atoms with Crippen molar-refractivity contribution < 1.29 is 9.53 Å². The maximum Gasteiger partial charge on any atom is 0.230 e. The summed E-state index contributed by atoms with van der Waals surface area (Å²) >= 11 is 6.01. The second-order valence-electron chi connectivity index (χ2n) is 5.88. The van der Waals surface area contributed by atoms with E-state index in [1.807, 2.05) is 45.0 Å². The van der Waals surface area contributed by atoms with Crippen LogP contribution in [0.2, 0.25) is 5.02 Å². The molecular formula is C18H21ClN2O2. The molecule has 23 heavy (non-hydrogen) atoms. The zero-order valence-corrected chi connectivity index (χ0v) is 14.4. The van der Waals surface area contributed by atoms with Gasteiger partial charge in [0.1, 0.15) is 12.4 Å². The van der Waals surface area contributed by atoms with Crippen molar-refractivity contribution in [3.63, 3.8) is 0 Å². The molecule has 0 saturated carbocycles. The number of halogens is 1. The Morgan fingerprint density at radius 1 is 1.35 bits per heavy atom. The van der Waals surface area contributed by atoms with Gasteiger partial charge in [0, 0.05) is 11.2 Å². The van der Waals surface area contributed by atoms with Gasteiger partial charge < -0.3 is 10.1 Å². The minimum Gasteiger partial charge on any atom is -0.490 e. The Hall–Kier alpha value is -2.07. The van der Waals surface area contributed by atoms with Crippen LogP contribution in [0.3, 0.4) is 0 Å².